The number of hydrogen-bond acceptors (Lipinski definition) is 4. The lowest BCUT2D eigenvalue weighted by Gasteiger charge is -2.06. The van der Waals surface area contributed by atoms with Crippen LogP contribution in [0.4, 0.5) is 0 Å². The molecule has 0 aromatic heterocycles. The monoisotopic (exact) mass is 332 g/mol. The Morgan fingerprint density at radius 1 is 0.478 bits per heavy atom. The molecule has 23 heavy (non-hydrogen) atoms. The topological polar surface area (TPSA) is 47.9 Å². The zero-order valence-corrected chi connectivity index (χ0v) is 15.4. The van der Waals surface area contributed by atoms with Crippen molar-refractivity contribution in [2.75, 3.05) is 46.2 Å². The summed E-state index contributed by atoms with van der Waals surface area (Å²) in [5.74, 6) is 0. The molecule has 0 amide bonds. The van der Waals surface area contributed by atoms with Gasteiger partial charge < -0.3 is 19.3 Å². The summed E-state index contributed by atoms with van der Waals surface area (Å²) in [6.45, 7) is 6.43. The van der Waals surface area contributed by atoms with Gasteiger partial charge in [0.25, 0.3) is 0 Å². The van der Waals surface area contributed by atoms with Crippen molar-refractivity contribution in [1.29, 1.82) is 0 Å². The van der Waals surface area contributed by atoms with Gasteiger partial charge in [-0.2, -0.15) is 0 Å². The van der Waals surface area contributed by atoms with Crippen molar-refractivity contribution in [3.63, 3.8) is 0 Å². The first-order chi connectivity index (χ1) is 11.4. The van der Waals surface area contributed by atoms with E-state index in [0.717, 1.165) is 6.61 Å². The average molecular weight is 333 g/mol. The van der Waals surface area contributed by atoms with Crippen LogP contribution in [0.25, 0.3) is 0 Å². The summed E-state index contributed by atoms with van der Waals surface area (Å²) in [5, 5.41) is 8.58. The van der Waals surface area contributed by atoms with Gasteiger partial charge in [0.1, 0.15) is 0 Å². The van der Waals surface area contributed by atoms with E-state index in [9.17, 15) is 0 Å². The number of unbranched alkanes of at least 4 members (excludes halogenated alkanes) is 9. The van der Waals surface area contributed by atoms with E-state index in [0.29, 0.717) is 39.5 Å². The van der Waals surface area contributed by atoms with Gasteiger partial charge in [-0.05, 0) is 12.8 Å². The molecule has 0 aromatic rings. The molecule has 0 fully saturated rings. The molecule has 0 aliphatic carbocycles. The van der Waals surface area contributed by atoms with E-state index in [-0.39, 0.29) is 6.61 Å². The van der Waals surface area contributed by atoms with Gasteiger partial charge in [0.05, 0.1) is 26.4 Å². The van der Waals surface area contributed by atoms with Gasteiger partial charge in [0.15, 0.2) is 0 Å². The molecule has 0 saturated heterocycles. The maximum absolute atomic E-state index is 8.58. The maximum Gasteiger partial charge on any atom is 0.0701 e. The molecule has 140 valence electrons. The van der Waals surface area contributed by atoms with E-state index >= 15 is 0 Å². The molecule has 0 unspecified atom stereocenters. The highest BCUT2D eigenvalue weighted by Crippen LogP contribution is 2.10. The van der Waals surface area contributed by atoms with Crippen molar-refractivity contribution < 1.29 is 19.3 Å². The Labute approximate surface area is 143 Å². The molecule has 1 N–H and O–H groups in total. The second-order valence-electron chi connectivity index (χ2n) is 6.10. The SMILES string of the molecule is CCCCCCCCCCCCOCCOCCOCCCO. The molecular formula is C19H40O4. The highest BCUT2D eigenvalue weighted by Gasteiger charge is 1.94. The number of ether oxygens (including phenoxy) is 3. The van der Waals surface area contributed by atoms with Crippen LogP contribution in [-0.4, -0.2) is 51.4 Å². The van der Waals surface area contributed by atoms with Crippen LogP contribution >= 0.6 is 0 Å². The standard InChI is InChI=1S/C19H40O4/c1-2-3-4-5-6-7-8-9-10-11-14-21-16-18-23-19-17-22-15-12-13-20/h20H,2-19H2,1H3. The number of hydrogen-bond donors (Lipinski definition) is 1. The molecular weight excluding hydrogens is 292 g/mol. The first-order valence-electron chi connectivity index (χ1n) is 9.76. The van der Waals surface area contributed by atoms with Crippen LogP contribution in [0.1, 0.15) is 77.6 Å². The quantitative estimate of drug-likeness (QED) is 0.337. The Bertz CT molecular complexity index is 180. The summed E-state index contributed by atoms with van der Waals surface area (Å²) >= 11 is 0. The highest BCUT2D eigenvalue weighted by molar-refractivity contribution is 4.47. The highest BCUT2D eigenvalue weighted by atomic mass is 16.5. The molecule has 0 aliphatic heterocycles. The number of aliphatic hydroxyl groups is 1. The van der Waals surface area contributed by atoms with Crippen LogP contribution in [-0.2, 0) is 14.2 Å². The third-order valence-electron chi connectivity index (χ3n) is 3.83. The van der Waals surface area contributed by atoms with Gasteiger partial charge in [-0.3, -0.25) is 0 Å². The lowest BCUT2D eigenvalue weighted by molar-refractivity contribution is 0.0117. The van der Waals surface area contributed by atoms with E-state index in [1.807, 2.05) is 0 Å². The first kappa shape index (κ1) is 22.8. The van der Waals surface area contributed by atoms with Gasteiger partial charge >= 0.3 is 0 Å². The van der Waals surface area contributed by atoms with Crippen molar-refractivity contribution in [3.05, 3.63) is 0 Å². The Morgan fingerprint density at radius 2 is 0.870 bits per heavy atom. The number of rotatable bonds is 20. The average Bonchev–Trinajstić information content (AvgIpc) is 2.57. The molecule has 0 heterocycles. The van der Waals surface area contributed by atoms with Gasteiger partial charge in [-0.25, -0.2) is 0 Å². The Kier molecular flexibility index (Phi) is 21.7. The van der Waals surface area contributed by atoms with Crippen molar-refractivity contribution in [3.8, 4) is 0 Å². The third kappa shape index (κ3) is 21.8. The molecule has 0 radical (unpaired) electrons. The molecule has 0 spiro atoms. The lowest BCUT2D eigenvalue weighted by atomic mass is 10.1. The predicted octanol–water partition coefficient (Wildman–Crippen LogP) is 4.34. The second kappa shape index (κ2) is 21.8. The van der Waals surface area contributed by atoms with E-state index in [1.54, 1.807) is 0 Å². The van der Waals surface area contributed by atoms with Crippen molar-refractivity contribution >= 4 is 0 Å². The first-order valence-corrected chi connectivity index (χ1v) is 9.76. The van der Waals surface area contributed by atoms with Crippen LogP contribution in [0.15, 0.2) is 0 Å². The molecule has 4 heteroatoms. The van der Waals surface area contributed by atoms with Crippen molar-refractivity contribution in [2.45, 2.75) is 77.6 Å². The second-order valence-corrected chi connectivity index (χ2v) is 6.10. The fourth-order valence-electron chi connectivity index (χ4n) is 2.40. The fourth-order valence-corrected chi connectivity index (χ4v) is 2.40. The Morgan fingerprint density at radius 3 is 1.35 bits per heavy atom. The van der Waals surface area contributed by atoms with Gasteiger partial charge in [-0.1, -0.05) is 64.7 Å². The summed E-state index contributed by atoms with van der Waals surface area (Å²) in [7, 11) is 0. The zero-order chi connectivity index (χ0) is 16.8. The molecule has 0 rings (SSSR count). The summed E-state index contributed by atoms with van der Waals surface area (Å²) in [5.41, 5.74) is 0. The van der Waals surface area contributed by atoms with Gasteiger partial charge in [-0.15, -0.1) is 0 Å². The Hall–Kier alpha value is -0.160. The zero-order valence-electron chi connectivity index (χ0n) is 15.4. The van der Waals surface area contributed by atoms with Gasteiger partial charge in [0, 0.05) is 19.8 Å². The van der Waals surface area contributed by atoms with Crippen LogP contribution in [0, 0.1) is 0 Å². The summed E-state index contributed by atoms with van der Waals surface area (Å²) in [6.07, 6.45) is 14.3. The predicted molar refractivity (Wildman–Crippen MR) is 96.0 cm³/mol. The molecule has 0 aliphatic rings. The minimum atomic E-state index is 0.188. The minimum Gasteiger partial charge on any atom is -0.396 e. The summed E-state index contributed by atoms with van der Waals surface area (Å²) < 4.78 is 16.2. The van der Waals surface area contributed by atoms with E-state index in [1.165, 1.54) is 64.2 Å². The third-order valence-corrected chi connectivity index (χ3v) is 3.83. The number of aliphatic hydroxyl groups excluding tert-OH is 1. The largest absolute Gasteiger partial charge is 0.396 e. The van der Waals surface area contributed by atoms with Crippen LogP contribution < -0.4 is 0 Å². The molecule has 0 aromatic carbocycles. The Balaban J connectivity index is 2.92. The maximum atomic E-state index is 8.58. The van der Waals surface area contributed by atoms with Gasteiger partial charge in [0.2, 0.25) is 0 Å². The normalized spacial score (nSPS) is 11.2. The van der Waals surface area contributed by atoms with Crippen molar-refractivity contribution in [2.24, 2.45) is 0 Å². The van der Waals surface area contributed by atoms with Crippen LogP contribution in [0.3, 0.4) is 0 Å². The van der Waals surface area contributed by atoms with Crippen LogP contribution in [0.5, 0.6) is 0 Å². The fraction of sp³-hybridized carbons (Fsp3) is 1.00. The molecule has 4 nitrogen and oxygen atoms in total. The lowest BCUT2D eigenvalue weighted by Crippen LogP contribution is -2.10. The molecule has 0 saturated carbocycles. The summed E-state index contributed by atoms with van der Waals surface area (Å²) in [4.78, 5) is 0. The van der Waals surface area contributed by atoms with Crippen LogP contribution in [0.2, 0.25) is 0 Å². The van der Waals surface area contributed by atoms with E-state index in [4.69, 9.17) is 19.3 Å². The summed E-state index contributed by atoms with van der Waals surface area (Å²) in [6, 6.07) is 0. The smallest absolute Gasteiger partial charge is 0.0701 e. The van der Waals surface area contributed by atoms with Crippen molar-refractivity contribution in [1.82, 2.24) is 0 Å². The molecule has 0 atom stereocenters. The van der Waals surface area contributed by atoms with E-state index in [2.05, 4.69) is 6.92 Å². The minimum absolute atomic E-state index is 0.188. The molecule has 0 bridgehead atoms. The van der Waals surface area contributed by atoms with E-state index < -0.39 is 0 Å².